The van der Waals surface area contributed by atoms with Gasteiger partial charge in [0.05, 0.1) is 7.11 Å². The number of benzene rings is 1. The van der Waals surface area contributed by atoms with Crippen molar-refractivity contribution in [1.29, 1.82) is 0 Å². The first-order valence-electron chi connectivity index (χ1n) is 7.35. The van der Waals surface area contributed by atoms with E-state index in [4.69, 9.17) is 4.84 Å². The average molecular weight is 280 g/mol. The van der Waals surface area contributed by atoms with Crippen LogP contribution in [-0.2, 0) is 4.84 Å². The van der Waals surface area contributed by atoms with Crippen molar-refractivity contribution >= 4 is 0 Å². The van der Waals surface area contributed by atoms with E-state index < -0.39 is 0 Å². The lowest BCUT2D eigenvalue weighted by Crippen LogP contribution is -2.15. The Bertz CT molecular complexity index is 622. The van der Waals surface area contributed by atoms with Crippen molar-refractivity contribution in [2.75, 3.05) is 7.11 Å². The highest BCUT2D eigenvalue weighted by Gasteiger charge is 2.16. The Hall–Kier alpha value is -2.13. The third kappa shape index (κ3) is 3.31. The van der Waals surface area contributed by atoms with E-state index in [2.05, 4.69) is 52.9 Å². The number of allylic oxidation sites excluding steroid dienone is 2. The summed E-state index contributed by atoms with van der Waals surface area (Å²) in [6.45, 7) is 0. The molecule has 0 spiro atoms. The Morgan fingerprint density at radius 3 is 2.71 bits per heavy atom. The molecule has 0 radical (unpaired) electrons. The van der Waals surface area contributed by atoms with E-state index >= 15 is 0 Å². The molecular weight excluding hydrogens is 260 g/mol. The molecule has 1 aliphatic rings. The van der Waals surface area contributed by atoms with E-state index in [9.17, 15) is 0 Å². The van der Waals surface area contributed by atoms with Gasteiger partial charge >= 0.3 is 0 Å². The summed E-state index contributed by atoms with van der Waals surface area (Å²) in [7, 11) is 1.66. The van der Waals surface area contributed by atoms with E-state index in [1.54, 1.807) is 7.11 Å². The van der Waals surface area contributed by atoms with Gasteiger partial charge in [-0.1, -0.05) is 30.3 Å². The Labute approximate surface area is 125 Å². The van der Waals surface area contributed by atoms with E-state index in [1.165, 1.54) is 22.4 Å². The van der Waals surface area contributed by atoms with Crippen LogP contribution in [0.1, 0.15) is 30.7 Å². The highest BCUT2D eigenvalue weighted by atomic mass is 16.6. The van der Waals surface area contributed by atoms with E-state index in [0.717, 1.165) is 19.3 Å². The van der Waals surface area contributed by atoms with Crippen molar-refractivity contribution in [2.24, 2.45) is 0 Å². The second-order valence-electron chi connectivity index (χ2n) is 5.37. The monoisotopic (exact) mass is 280 g/mol. The molecule has 0 saturated carbocycles. The molecule has 1 N–H and O–H groups in total. The van der Waals surface area contributed by atoms with Gasteiger partial charge in [0.2, 0.25) is 0 Å². The van der Waals surface area contributed by atoms with E-state index in [1.807, 2.05) is 12.4 Å². The minimum Gasteiger partial charge on any atom is -0.280 e. The lowest BCUT2D eigenvalue weighted by atomic mass is 9.85. The van der Waals surface area contributed by atoms with Gasteiger partial charge in [0.15, 0.2) is 0 Å². The number of hydroxylamine groups is 1. The maximum absolute atomic E-state index is 4.97. The number of nitrogens with zero attached hydrogens (tertiary/aromatic N) is 1. The quantitative estimate of drug-likeness (QED) is 0.858. The van der Waals surface area contributed by atoms with Crippen LogP contribution in [0.15, 0.2) is 60.6 Å². The SMILES string of the molecule is CONC1=CCC(c2cccc(-c3ccncc3)c2)CC1. The van der Waals surface area contributed by atoms with Crippen LogP contribution in [0.4, 0.5) is 0 Å². The van der Waals surface area contributed by atoms with Gasteiger partial charge in [-0.3, -0.25) is 15.3 Å². The predicted molar refractivity (Wildman–Crippen MR) is 84.5 cm³/mol. The van der Waals surface area contributed by atoms with Gasteiger partial charge in [-0.05, 0) is 54.0 Å². The molecule has 21 heavy (non-hydrogen) atoms. The zero-order valence-electron chi connectivity index (χ0n) is 12.3. The molecule has 108 valence electrons. The topological polar surface area (TPSA) is 34.1 Å². The first-order valence-corrected chi connectivity index (χ1v) is 7.35. The van der Waals surface area contributed by atoms with Crippen molar-refractivity contribution in [1.82, 2.24) is 10.5 Å². The zero-order chi connectivity index (χ0) is 14.5. The van der Waals surface area contributed by atoms with Gasteiger partial charge < -0.3 is 0 Å². The highest BCUT2D eigenvalue weighted by molar-refractivity contribution is 5.63. The molecule has 1 aromatic heterocycles. The number of hydrogen-bond acceptors (Lipinski definition) is 3. The molecule has 0 saturated heterocycles. The second-order valence-corrected chi connectivity index (χ2v) is 5.37. The normalized spacial score (nSPS) is 18.1. The van der Waals surface area contributed by atoms with Crippen molar-refractivity contribution in [3.8, 4) is 11.1 Å². The summed E-state index contributed by atoms with van der Waals surface area (Å²) >= 11 is 0. The Morgan fingerprint density at radius 2 is 2.00 bits per heavy atom. The smallest absolute Gasteiger partial charge is 0.0636 e. The van der Waals surface area contributed by atoms with Gasteiger partial charge in [-0.15, -0.1) is 0 Å². The van der Waals surface area contributed by atoms with Crippen molar-refractivity contribution in [3.63, 3.8) is 0 Å². The van der Waals surface area contributed by atoms with Gasteiger partial charge in [0, 0.05) is 18.1 Å². The molecule has 0 amide bonds. The van der Waals surface area contributed by atoms with Crippen LogP contribution in [0.2, 0.25) is 0 Å². The fourth-order valence-corrected chi connectivity index (χ4v) is 2.88. The van der Waals surface area contributed by atoms with Crippen LogP contribution in [0.5, 0.6) is 0 Å². The molecule has 3 nitrogen and oxygen atoms in total. The third-order valence-electron chi connectivity index (χ3n) is 4.02. The largest absolute Gasteiger partial charge is 0.280 e. The summed E-state index contributed by atoms with van der Waals surface area (Å²) in [6, 6.07) is 13.0. The summed E-state index contributed by atoms with van der Waals surface area (Å²) in [5, 5.41) is 0. The molecular formula is C18H20N2O. The van der Waals surface area contributed by atoms with Crippen LogP contribution in [0.25, 0.3) is 11.1 Å². The summed E-state index contributed by atoms with van der Waals surface area (Å²) in [5.74, 6) is 0.592. The number of rotatable bonds is 4. The zero-order valence-corrected chi connectivity index (χ0v) is 12.3. The lowest BCUT2D eigenvalue weighted by molar-refractivity contribution is 0.113. The van der Waals surface area contributed by atoms with Crippen LogP contribution >= 0.6 is 0 Å². The van der Waals surface area contributed by atoms with Gasteiger partial charge in [0.1, 0.15) is 0 Å². The standard InChI is InChI=1S/C18H20N2O/c1-21-20-18-7-5-14(6-8-18)16-3-2-4-17(13-16)15-9-11-19-12-10-15/h2-4,7,9-14,20H,5-6,8H2,1H3. The second kappa shape index (κ2) is 6.55. The summed E-state index contributed by atoms with van der Waals surface area (Å²) in [6.07, 6.45) is 9.18. The van der Waals surface area contributed by atoms with E-state index in [0.29, 0.717) is 5.92 Å². The fourth-order valence-electron chi connectivity index (χ4n) is 2.88. The highest BCUT2D eigenvalue weighted by Crippen LogP contribution is 2.33. The predicted octanol–water partition coefficient (Wildman–Crippen LogP) is 4.05. The summed E-state index contributed by atoms with van der Waals surface area (Å²) < 4.78 is 0. The molecule has 3 heteroatoms. The molecule has 0 aliphatic heterocycles. The van der Waals surface area contributed by atoms with Crippen molar-refractivity contribution < 1.29 is 4.84 Å². The Morgan fingerprint density at radius 1 is 1.14 bits per heavy atom. The van der Waals surface area contributed by atoms with Crippen LogP contribution in [0, 0.1) is 0 Å². The Kier molecular flexibility index (Phi) is 4.31. The minimum absolute atomic E-state index is 0.592. The summed E-state index contributed by atoms with van der Waals surface area (Å²) in [4.78, 5) is 9.06. The third-order valence-corrected chi connectivity index (χ3v) is 4.02. The fraction of sp³-hybridized carbons (Fsp3) is 0.278. The van der Waals surface area contributed by atoms with Crippen LogP contribution < -0.4 is 5.48 Å². The van der Waals surface area contributed by atoms with Crippen LogP contribution in [-0.4, -0.2) is 12.1 Å². The number of aromatic nitrogens is 1. The molecule has 1 unspecified atom stereocenters. The maximum atomic E-state index is 4.97. The maximum Gasteiger partial charge on any atom is 0.0636 e. The van der Waals surface area contributed by atoms with Crippen molar-refractivity contribution in [3.05, 3.63) is 66.1 Å². The van der Waals surface area contributed by atoms with E-state index in [-0.39, 0.29) is 0 Å². The number of nitrogens with one attached hydrogen (secondary N) is 1. The van der Waals surface area contributed by atoms with Crippen molar-refractivity contribution in [2.45, 2.75) is 25.2 Å². The molecule has 0 bridgehead atoms. The molecule has 1 atom stereocenters. The van der Waals surface area contributed by atoms with Gasteiger partial charge in [0.25, 0.3) is 0 Å². The number of pyridine rings is 1. The molecule has 2 aromatic rings. The molecule has 1 aliphatic carbocycles. The van der Waals surface area contributed by atoms with Gasteiger partial charge in [-0.2, -0.15) is 0 Å². The number of hydrogen-bond donors (Lipinski definition) is 1. The molecule has 3 rings (SSSR count). The summed E-state index contributed by atoms with van der Waals surface area (Å²) in [5.41, 5.74) is 8.04. The first kappa shape index (κ1) is 13.8. The Balaban J connectivity index is 1.78. The molecule has 1 aromatic carbocycles. The van der Waals surface area contributed by atoms with Gasteiger partial charge in [-0.25, -0.2) is 0 Å². The molecule has 1 heterocycles. The lowest BCUT2D eigenvalue weighted by Gasteiger charge is -2.23. The minimum atomic E-state index is 0.592. The molecule has 0 fully saturated rings. The van der Waals surface area contributed by atoms with Crippen LogP contribution in [0.3, 0.4) is 0 Å². The average Bonchev–Trinajstić information content (AvgIpc) is 2.57. The first-order chi connectivity index (χ1) is 10.4.